The maximum Gasteiger partial charge on any atom is 0.325 e. The van der Waals surface area contributed by atoms with Crippen molar-refractivity contribution in [2.45, 2.75) is 31.2 Å². The van der Waals surface area contributed by atoms with Crippen LogP contribution in [0.5, 0.6) is 0 Å². The standard InChI is InChI=1S/C25H31N3O3/c1-20(21-9-5-3-6-10-21)17-26-15-13-25(14-16-26)24(30)27(18-23(29)31-2)19-28(25)22-11-7-4-8-12-22/h3-12,20H,13-19H2,1-2H3. The van der Waals surface area contributed by atoms with Crippen molar-refractivity contribution in [3.63, 3.8) is 0 Å². The van der Waals surface area contributed by atoms with Crippen molar-refractivity contribution in [3.8, 4) is 0 Å². The largest absolute Gasteiger partial charge is 0.468 e. The van der Waals surface area contributed by atoms with Crippen LogP contribution in [0.4, 0.5) is 5.69 Å². The number of piperidine rings is 1. The van der Waals surface area contributed by atoms with E-state index in [0.29, 0.717) is 12.6 Å². The Morgan fingerprint density at radius 1 is 1.03 bits per heavy atom. The summed E-state index contributed by atoms with van der Waals surface area (Å²) in [6.45, 7) is 5.37. The molecule has 0 aliphatic carbocycles. The highest BCUT2D eigenvalue weighted by atomic mass is 16.5. The zero-order chi connectivity index (χ0) is 21.8. The van der Waals surface area contributed by atoms with Gasteiger partial charge in [-0.1, -0.05) is 55.5 Å². The van der Waals surface area contributed by atoms with Gasteiger partial charge in [-0.05, 0) is 36.5 Å². The van der Waals surface area contributed by atoms with Crippen molar-refractivity contribution in [1.29, 1.82) is 0 Å². The zero-order valence-electron chi connectivity index (χ0n) is 18.4. The van der Waals surface area contributed by atoms with Gasteiger partial charge in [-0.3, -0.25) is 9.59 Å². The van der Waals surface area contributed by atoms with Crippen LogP contribution in [0.2, 0.25) is 0 Å². The Morgan fingerprint density at radius 2 is 1.65 bits per heavy atom. The molecule has 31 heavy (non-hydrogen) atoms. The van der Waals surface area contributed by atoms with Crippen molar-refractivity contribution in [2.24, 2.45) is 0 Å². The number of methoxy groups -OCH3 is 1. The van der Waals surface area contributed by atoms with Crippen LogP contribution in [0.1, 0.15) is 31.2 Å². The molecule has 2 aliphatic rings. The van der Waals surface area contributed by atoms with Gasteiger partial charge >= 0.3 is 5.97 Å². The van der Waals surface area contributed by atoms with Crippen LogP contribution < -0.4 is 4.90 Å². The number of para-hydroxylation sites is 1. The molecule has 0 N–H and O–H groups in total. The van der Waals surface area contributed by atoms with Crippen LogP contribution >= 0.6 is 0 Å². The fraction of sp³-hybridized carbons (Fsp3) is 0.440. The third kappa shape index (κ3) is 4.30. The van der Waals surface area contributed by atoms with E-state index in [0.717, 1.165) is 38.2 Å². The molecule has 6 heteroatoms. The molecular formula is C25H31N3O3. The Kier molecular flexibility index (Phi) is 6.28. The number of carbonyl (C=O) groups excluding carboxylic acids is 2. The summed E-state index contributed by atoms with van der Waals surface area (Å²) in [7, 11) is 1.36. The van der Waals surface area contributed by atoms with Gasteiger partial charge in [-0.2, -0.15) is 0 Å². The molecule has 0 aromatic heterocycles. The third-order valence-corrected chi connectivity index (χ3v) is 6.71. The molecule has 2 heterocycles. The number of benzene rings is 2. The number of hydrogen-bond donors (Lipinski definition) is 0. The molecule has 1 atom stereocenters. The highest BCUT2D eigenvalue weighted by molar-refractivity contribution is 5.95. The molecule has 2 saturated heterocycles. The Bertz CT molecular complexity index is 895. The number of likely N-dealkylation sites (tertiary alicyclic amines) is 1. The molecule has 4 rings (SSSR count). The van der Waals surface area contributed by atoms with Gasteiger partial charge in [0.15, 0.2) is 0 Å². The van der Waals surface area contributed by atoms with Crippen LogP contribution in [0, 0.1) is 0 Å². The van der Waals surface area contributed by atoms with Gasteiger partial charge < -0.3 is 19.4 Å². The molecule has 2 fully saturated rings. The van der Waals surface area contributed by atoms with Gasteiger partial charge in [0.2, 0.25) is 0 Å². The predicted molar refractivity (Wildman–Crippen MR) is 121 cm³/mol. The SMILES string of the molecule is COC(=O)CN1CN(c2ccccc2)C2(CCN(CC(C)c3ccccc3)CC2)C1=O. The lowest BCUT2D eigenvalue weighted by molar-refractivity contribution is -0.146. The second-order valence-electron chi connectivity index (χ2n) is 8.63. The summed E-state index contributed by atoms with van der Waals surface area (Å²) in [5, 5.41) is 0. The highest BCUT2D eigenvalue weighted by Gasteiger charge is 2.54. The minimum atomic E-state index is -0.595. The molecule has 1 unspecified atom stereocenters. The van der Waals surface area contributed by atoms with Gasteiger partial charge in [0.25, 0.3) is 5.91 Å². The average Bonchev–Trinajstić information content (AvgIpc) is 3.07. The number of esters is 1. The van der Waals surface area contributed by atoms with E-state index in [9.17, 15) is 9.59 Å². The lowest BCUT2D eigenvalue weighted by atomic mass is 9.85. The van der Waals surface area contributed by atoms with Gasteiger partial charge in [0, 0.05) is 25.3 Å². The molecule has 1 spiro atoms. The second kappa shape index (κ2) is 9.10. The van der Waals surface area contributed by atoms with E-state index in [-0.39, 0.29) is 18.4 Å². The summed E-state index contributed by atoms with van der Waals surface area (Å²) in [4.78, 5) is 31.7. The zero-order valence-corrected chi connectivity index (χ0v) is 18.4. The first-order valence-corrected chi connectivity index (χ1v) is 11.0. The molecule has 2 aliphatic heterocycles. The number of rotatable bonds is 6. The van der Waals surface area contributed by atoms with E-state index >= 15 is 0 Å². The summed E-state index contributed by atoms with van der Waals surface area (Å²) in [6, 6.07) is 20.6. The summed E-state index contributed by atoms with van der Waals surface area (Å²) in [5.41, 5.74) is 1.77. The fourth-order valence-electron chi connectivity index (χ4n) is 4.92. The lowest BCUT2D eigenvalue weighted by Crippen LogP contribution is -2.57. The Balaban J connectivity index is 1.50. The lowest BCUT2D eigenvalue weighted by Gasteiger charge is -2.44. The highest BCUT2D eigenvalue weighted by Crippen LogP contribution is 2.39. The Labute approximate surface area is 184 Å². The molecule has 164 valence electrons. The van der Waals surface area contributed by atoms with Crippen molar-refractivity contribution in [3.05, 3.63) is 66.2 Å². The molecule has 2 aromatic carbocycles. The average molecular weight is 422 g/mol. The third-order valence-electron chi connectivity index (χ3n) is 6.71. The quantitative estimate of drug-likeness (QED) is 0.671. The van der Waals surface area contributed by atoms with E-state index in [1.165, 1.54) is 12.7 Å². The van der Waals surface area contributed by atoms with Crippen molar-refractivity contribution < 1.29 is 14.3 Å². The molecule has 2 aromatic rings. The summed E-state index contributed by atoms with van der Waals surface area (Å²) in [6.07, 6.45) is 1.50. The normalized spacial score (nSPS) is 19.6. The molecule has 0 radical (unpaired) electrons. The molecule has 6 nitrogen and oxygen atoms in total. The van der Waals surface area contributed by atoms with Gasteiger partial charge in [-0.25, -0.2) is 0 Å². The van der Waals surface area contributed by atoms with Gasteiger partial charge in [-0.15, -0.1) is 0 Å². The van der Waals surface area contributed by atoms with Crippen LogP contribution in [0.15, 0.2) is 60.7 Å². The summed E-state index contributed by atoms with van der Waals surface area (Å²) in [5.74, 6) is 0.0978. The number of anilines is 1. The maximum atomic E-state index is 13.5. The first-order valence-electron chi connectivity index (χ1n) is 11.0. The number of hydrogen-bond acceptors (Lipinski definition) is 5. The summed E-state index contributed by atoms with van der Waals surface area (Å²) < 4.78 is 4.82. The van der Waals surface area contributed by atoms with E-state index in [1.807, 2.05) is 36.4 Å². The van der Waals surface area contributed by atoms with E-state index in [4.69, 9.17) is 4.74 Å². The number of amides is 1. The van der Waals surface area contributed by atoms with Gasteiger partial charge in [0.1, 0.15) is 12.1 Å². The van der Waals surface area contributed by atoms with Crippen LogP contribution in [-0.2, 0) is 14.3 Å². The number of ether oxygens (including phenoxy) is 1. The number of nitrogens with zero attached hydrogens (tertiary/aromatic N) is 3. The molecule has 0 saturated carbocycles. The van der Waals surface area contributed by atoms with E-state index < -0.39 is 5.54 Å². The van der Waals surface area contributed by atoms with E-state index in [1.54, 1.807) is 4.90 Å². The van der Waals surface area contributed by atoms with Crippen molar-refractivity contribution in [2.75, 3.05) is 44.9 Å². The van der Waals surface area contributed by atoms with Crippen molar-refractivity contribution in [1.82, 2.24) is 9.80 Å². The first kappa shape index (κ1) is 21.4. The smallest absolute Gasteiger partial charge is 0.325 e. The summed E-state index contributed by atoms with van der Waals surface area (Å²) >= 11 is 0. The van der Waals surface area contributed by atoms with Crippen LogP contribution in [0.25, 0.3) is 0 Å². The second-order valence-corrected chi connectivity index (χ2v) is 8.63. The number of carbonyl (C=O) groups is 2. The van der Waals surface area contributed by atoms with E-state index in [2.05, 4.69) is 41.0 Å². The maximum absolute atomic E-state index is 13.5. The molecular weight excluding hydrogens is 390 g/mol. The Morgan fingerprint density at radius 3 is 2.26 bits per heavy atom. The Hall–Kier alpha value is -2.86. The van der Waals surface area contributed by atoms with Crippen LogP contribution in [-0.4, -0.2) is 67.2 Å². The van der Waals surface area contributed by atoms with Gasteiger partial charge in [0.05, 0.1) is 13.8 Å². The van der Waals surface area contributed by atoms with Crippen LogP contribution in [0.3, 0.4) is 0 Å². The molecule has 0 bridgehead atoms. The topological polar surface area (TPSA) is 53.1 Å². The fourth-order valence-corrected chi connectivity index (χ4v) is 4.92. The minimum absolute atomic E-state index is 0.00479. The predicted octanol–water partition coefficient (Wildman–Crippen LogP) is 3.10. The molecule has 1 amide bonds. The van der Waals surface area contributed by atoms with Crippen molar-refractivity contribution >= 4 is 17.6 Å². The minimum Gasteiger partial charge on any atom is -0.468 e. The monoisotopic (exact) mass is 421 g/mol. The first-order chi connectivity index (χ1) is 15.0.